The lowest BCUT2D eigenvalue weighted by atomic mass is 9.72. The van der Waals surface area contributed by atoms with Gasteiger partial charge in [-0.1, -0.05) is 0 Å². The lowest BCUT2D eigenvalue weighted by molar-refractivity contribution is -0.139. The third-order valence-corrected chi connectivity index (χ3v) is 6.11. The van der Waals surface area contributed by atoms with E-state index in [2.05, 4.69) is 19.9 Å². The first-order chi connectivity index (χ1) is 13.4. The van der Waals surface area contributed by atoms with Gasteiger partial charge in [-0.25, -0.2) is 4.98 Å². The Labute approximate surface area is 166 Å². The highest BCUT2D eigenvalue weighted by Crippen LogP contribution is 2.41. The Kier molecular flexibility index (Phi) is 5.00. The molecule has 7 heteroatoms. The van der Waals surface area contributed by atoms with Crippen LogP contribution in [0.15, 0.2) is 18.6 Å². The fourth-order valence-corrected chi connectivity index (χ4v) is 4.37. The molecule has 1 spiro atoms. The Balaban J connectivity index is 1.43. The molecule has 1 amide bonds. The minimum absolute atomic E-state index is 0.202. The fraction of sp³-hybridized carbons (Fsp3) is 0.571. The number of aryl methyl sites for hydroxylation is 3. The molecule has 0 atom stereocenters. The highest BCUT2D eigenvalue weighted by molar-refractivity contribution is 5.77. The largest absolute Gasteiger partial charge is 0.355 e. The molecule has 4 rings (SSSR count). The molecule has 148 valence electrons. The third kappa shape index (κ3) is 3.84. The lowest BCUT2D eigenvalue weighted by Crippen LogP contribution is -2.51. The van der Waals surface area contributed by atoms with Gasteiger partial charge in [-0.15, -0.1) is 0 Å². The number of nitrogens with zero attached hydrogens (tertiary/aromatic N) is 6. The zero-order chi connectivity index (χ0) is 19.7. The maximum Gasteiger partial charge on any atom is 0.222 e. The van der Waals surface area contributed by atoms with Gasteiger partial charge in [-0.05, 0) is 45.4 Å². The first kappa shape index (κ1) is 18.8. The van der Waals surface area contributed by atoms with Crippen molar-refractivity contribution in [2.24, 2.45) is 5.41 Å². The van der Waals surface area contributed by atoms with Gasteiger partial charge in [0, 0.05) is 38.4 Å². The summed E-state index contributed by atoms with van der Waals surface area (Å²) in [5, 5.41) is 0. The Morgan fingerprint density at radius 2 is 1.71 bits per heavy atom. The van der Waals surface area contributed by atoms with Gasteiger partial charge in [0.25, 0.3) is 0 Å². The van der Waals surface area contributed by atoms with Gasteiger partial charge in [0.05, 0.1) is 35.5 Å². The Morgan fingerprint density at radius 3 is 2.43 bits per heavy atom. The van der Waals surface area contributed by atoms with Crippen LogP contribution >= 0.6 is 0 Å². The van der Waals surface area contributed by atoms with Crippen LogP contribution in [-0.2, 0) is 11.3 Å². The van der Waals surface area contributed by atoms with E-state index in [0.29, 0.717) is 13.0 Å². The molecule has 4 heterocycles. The highest BCUT2D eigenvalue weighted by Gasteiger charge is 2.41. The summed E-state index contributed by atoms with van der Waals surface area (Å²) in [6.45, 7) is 9.23. The van der Waals surface area contributed by atoms with E-state index in [0.717, 1.165) is 67.5 Å². The quantitative estimate of drug-likeness (QED) is 0.815. The molecule has 2 aliphatic heterocycles. The molecular formula is C21H28N6O. The van der Waals surface area contributed by atoms with Crippen molar-refractivity contribution in [1.29, 1.82) is 0 Å². The van der Waals surface area contributed by atoms with Gasteiger partial charge in [-0.3, -0.25) is 19.7 Å². The van der Waals surface area contributed by atoms with Crippen LogP contribution in [-0.4, -0.2) is 50.4 Å². The molecular weight excluding hydrogens is 352 g/mol. The summed E-state index contributed by atoms with van der Waals surface area (Å²) < 4.78 is 0. The molecule has 0 saturated carbocycles. The van der Waals surface area contributed by atoms with E-state index >= 15 is 0 Å². The van der Waals surface area contributed by atoms with Crippen LogP contribution < -0.4 is 4.90 Å². The van der Waals surface area contributed by atoms with Crippen molar-refractivity contribution >= 4 is 11.7 Å². The minimum Gasteiger partial charge on any atom is -0.355 e. The molecule has 2 aromatic rings. The van der Waals surface area contributed by atoms with Crippen molar-refractivity contribution in [2.45, 2.75) is 53.0 Å². The number of anilines is 1. The van der Waals surface area contributed by atoms with E-state index < -0.39 is 0 Å². The number of carbonyl (C=O) groups is 1. The van der Waals surface area contributed by atoms with E-state index in [4.69, 9.17) is 4.98 Å². The first-order valence-electron chi connectivity index (χ1n) is 10.0. The van der Waals surface area contributed by atoms with Crippen LogP contribution in [0.4, 0.5) is 5.82 Å². The summed E-state index contributed by atoms with van der Waals surface area (Å²) in [5.74, 6) is 1.24. The number of likely N-dealkylation sites (tertiary alicyclic amines) is 1. The van der Waals surface area contributed by atoms with Crippen molar-refractivity contribution in [1.82, 2.24) is 24.8 Å². The van der Waals surface area contributed by atoms with Gasteiger partial charge in [0.15, 0.2) is 0 Å². The number of rotatable bonds is 3. The SMILES string of the molecule is Cc1cnc(CN2CC3(CCC2=O)CCN(c2nc(C)cnc2C)CC3)cn1. The second-order valence-electron chi connectivity index (χ2n) is 8.31. The summed E-state index contributed by atoms with van der Waals surface area (Å²) in [5.41, 5.74) is 3.90. The smallest absolute Gasteiger partial charge is 0.222 e. The van der Waals surface area contributed by atoms with Gasteiger partial charge in [0.2, 0.25) is 5.91 Å². The van der Waals surface area contributed by atoms with Crippen LogP contribution in [0, 0.1) is 26.2 Å². The predicted octanol–water partition coefficient (Wildman–Crippen LogP) is 2.60. The number of amides is 1. The molecule has 0 aromatic carbocycles. The van der Waals surface area contributed by atoms with Crippen LogP contribution in [0.5, 0.6) is 0 Å². The monoisotopic (exact) mass is 380 g/mol. The topological polar surface area (TPSA) is 75.1 Å². The first-order valence-corrected chi connectivity index (χ1v) is 10.0. The molecule has 28 heavy (non-hydrogen) atoms. The van der Waals surface area contributed by atoms with Crippen molar-refractivity contribution in [3.8, 4) is 0 Å². The normalized spacial score (nSPS) is 19.3. The zero-order valence-corrected chi connectivity index (χ0v) is 17.0. The summed E-state index contributed by atoms with van der Waals surface area (Å²) >= 11 is 0. The van der Waals surface area contributed by atoms with E-state index in [1.165, 1.54) is 0 Å². The second kappa shape index (κ2) is 7.45. The van der Waals surface area contributed by atoms with E-state index in [1.54, 1.807) is 12.4 Å². The standard InChI is InChI=1S/C21H28N6O/c1-15-10-24-18(12-22-15)13-27-14-21(5-4-19(27)28)6-8-26(9-7-21)20-17(3)23-11-16(2)25-20/h10-12H,4-9,13-14H2,1-3H3. The van der Waals surface area contributed by atoms with Crippen molar-refractivity contribution < 1.29 is 4.79 Å². The van der Waals surface area contributed by atoms with E-state index in [-0.39, 0.29) is 11.3 Å². The van der Waals surface area contributed by atoms with Crippen LogP contribution in [0.1, 0.15) is 48.5 Å². The number of aromatic nitrogens is 4. The van der Waals surface area contributed by atoms with E-state index in [9.17, 15) is 4.79 Å². The average Bonchev–Trinajstić information content (AvgIpc) is 2.69. The third-order valence-electron chi connectivity index (χ3n) is 6.11. The van der Waals surface area contributed by atoms with Crippen molar-refractivity contribution in [3.05, 3.63) is 41.4 Å². The molecule has 0 bridgehead atoms. The van der Waals surface area contributed by atoms with E-state index in [1.807, 2.05) is 31.9 Å². The van der Waals surface area contributed by atoms with Gasteiger partial charge in [0.1, 0.15) is 5.82 Å². The summed E-state index contributed by atoms with van der Waals surface area (Å²) in [6.07, 6.45) is 9.13. The van der Waals surface area contributed by atoms with Crippen LogP contribution in [0.2, 0.25) is 0 Å². The van der Waals surface area contributed by atoms with Crippen molar-refractivity contribution in [3.63, 3.8) is 0 Å². The number of carbonyl (C=O) groups excluding carboxylic acids is 1. The maximum absolute atomic E-state index is 12.5. The summed E-state index contributed by atoms with van der Waals surface area (Å²) in [7, 11) is 0. The van der Waals surface area contributed by atoms with Crippen LogP contribution in [0.3, 0.4) is 0 Å². The Bertz CT molecular complexity index is 858. The Morgan fingerprint density at radius 1 is 0.964 bits per heavy atom. The molecule has 2 saturated heterocycles. The summed E-state index contributed by atoms with van der Waals surface area (Å²) in [4.78, 5) is 34.8. The van der Waals surface area contributed by atoms with Gasteiger partial charge in [-0.2, -0.15) is 0 Å². The number of hydrogen-bond acceptors (Lipinski definition) is 6. The number of hydrogen-bond donors (Lipinski definition) is 0. The molecule has 0 radical (unpaired) electrons. The zero-order valence-electron chi connectivity index (χ0n) is 17.0. The lowest BCUT2D eigenvalue weighted by Gasteiger charge is -2.47. The summed E-state index contributed by atoms with van der Waals surface area (Å²) in [6, 6.07) is 0. The second-order valence-corrected chi connectivity index (χ2v) is 8.31. The van der Waals surface area contributed by atoms with Gasteiger partial charge < -0.3 is 9.80 Å². The highest BCUT2D eigenvalue weighted by atomic mass is 16.2. The maximum atomic E-state index is 12.5. The molecule has 2 aliphatic rings. The molecule has 2 aromatic heterocycles. The van der Waals surface area contributed by atoms with Gasteiger partial charge >= 0.3 is 0 Å². The predicted molar refractivity (Wildman–Crippen MR) is 107 cm³/mol. The fourth-order valence-electron chi connectivity index (χ4n) is 4.37. The number of piperidine rings is 2. The molecule has 2 fully saturated rings. The minimum atomic E-state index is 0.202. The average molecular weight is 380 g/mol. The van der Waals surface area contributed by atoms with Crippen LogP contribution in [0.25, 0.3) is 0 Å². The molecule has 0 N–H and O–H groups in total. The molecule has 0 unspecified atom stereocenters. The van der Waals surface area contributed by atoms with Crippen molar-refractivity contribution in [2.75, 3.05) is 24.5 Å². The molecule has 7 nitrogen and oxygen atoms in total. The Hall–Kier alpha value is -2.57. The molecule has 0 aliphatic carbocycles.